The maximum Gasteiger partial charge on any atom is 0.0820 e. The van der Waals surface area contributed by atoms with Crippen LogP contribution in [0.5, 0.6) is 0 Å². The van der Waals surface area contributed by atoms with Crippen molar-refractivity contribution < 1.29 is 0 Å². The molecule has 0 aliphatic rings. The van der Waals surface area contributed by atoms with E-state index in [0.29, 0.717) is 6.04 Å². The molecule has 0 amide bonds. The Labute approximate surface area is 88.0 Å². The number of aromatic amines is 1. The third kappa shape index (κ3) is 1.74. The fourth-order valence-electron chi connectivity index (χ4n) is 1.58. The third-order valence-corrected chi connectivity index (χ3v) is 3.33. The molecule has 2 heterocycles. The van der Waals surface area contributed by atoms with Gasteiger partial charge in [-0.3, -0.25) is 0 Å². The highest BCUT2D eigenvalue weighted by atomic mass is 32.1. The van der Waals surface area contributed by atoms with Crippen molar-refractivity contribution in [3.63, 3.8) is 0 Å². The largest absolute Gasteiger partial charge is 0.363 e. The van der Waals surface area contributed by atoms with E-state index in [0.717, 1.165) is 0 Å². The van der Waals surface area contributed by atoms with Gasteiger partial charge in [0.05, 0.1) is 6.04 Å². The molecule has 0 radical (unpaired) electrons. The first-order valence-electron chi connectivity index (χ1n) is 4.68. The lowest BCUT2D eigenvalue weighted by Crippen LogP contribution is -2.16. The topological polar surface area (TPSA) is 27.8 Å². The van der Waals surface area contributed by atoms with Crippen molar-refractivity contribution in [1.29, 1.82) is 0 Å². The number of rotatable bonds is 3. The van der Waals surface area contributed by atoms with Crippen LogP contribution in [0.2, 0.25) is 0 Å². The Kier molecular flexibility index (Phi) is 2.70. The fourth-order valence-corrected chi connectivity index (χ4v) is 2.59. The molecule has 74 valence electrons. The standard InChI is InChI=1S/C11H14N2S/c1-8-5-6-10(14-8)11(12-2)9-4-3-7-13-9/h3-7,11-13H,1-2H3. The molecular weight excluding hydrogens is 192 g/mol. The zero-order valence-corrected chi connectivity index (χ0v) is 9.19. The molecule has 2 nitrogen and oxygen atoms in total. The van der Waals surface area contributed by atoms with Crippen LogP contribution in [-0.4, -0.2) is 12.0 Å². The summed E-state index contributed by atoms with van der Waals surface area (Å²) in [6.45, 7) is 2.13. The smallest absolute Gasteiger partial charge is 0.0820 e. The normalized spacial score (nSPS) is 13.0. The molecule has 14 heavy (non-hydrogen) atoms. The van der Waals surface area contributed by atoms with Crippen LogP contribution in [0.25, 0.3) is 0 Å². The van der Waals surface area contributed by atoms with E-state index < -0.39 is 0 Å². The molecule has 0 spiro atoms. The Morgan fingerprint density at radius 2 is 2.21 bits per heavy atom. The van der Waals surface area contributed by atoms with Crippen LogP contribution >= 0.6 is 11.3 Å². The van der Waals surface area contributed by atoms with Crippen LogP contribution in [0.4, 0.5) is 0 Å². The molecule has 0 aliphatic heterocycles. The van der Waals surface area contributed by atoms with Gasteiger partial charge in [0.2, 0.25) is 0 Å². The SMILES string of the molecule is CNC(c1ccc[nH]1)c1ccc(C)s1. The summed E-state index contributed by atoms with van der Waals surface area (Å²) in [7, 11) is 1.99. The van der Waals surface area contributed by atoms with Gasteiger partial charge in [-0.15, -0.1) is 11.3 Å². The van der Waals surface area contributed by atoms with E-state index in [4.69, 9.17) is 0 Å². The molecule has 2 aromatic heterocycles. The van der Waals surface area contributed by atoms with Crippen LogP contribution < -0.4 is 5.32 Å². The van der Waals surface area contributed by atoms with Gasteiger partial charge < -0.3 is 10.3 Å². The summed E-state index contributed by atoms with van der Waals surface area (Å²) in [5, 5.41) is 3.31. The first kappa shape index (κ1) is 9.49. The summed E-state index contributed by atoms with van der Waals surface area (Å²) in [5.41, 5.74) is 1.22. The number of thiophene rings is 1. The van der Waals surface area contributed by atoms with E-state index in [9.17, 15) is 0 Å². The zero-order valence-electron chi connectivity index (χ0n) is 8.37. The Hall–Kier alpha value is -1.06. The van der Waals surface area contributed by atoms with E-state index in [1.165, 1.54) is 15.4 Å². The van der Waals surface area contributed by atoms with Gasteiger partial charge in [-0.1, -0.05) is 0 Å². The summed E-state index contributed by atoms with van der Waals surface area (Å²) >= 11 is 1.84. The van der Waals surface area contributed by atoms with E-state index in [1.807, 2.05) is 30.6 Å². The number of hydrogen-bond donors (Lipinski definition) is 2. The minimum Gasteiger partial charge on any atom is -0.363 e. The van der Waals surface area contributed by atoms with E-state index in [-0.39, 0.29) is 0 Å². The van der Waals surface area contributed by atoms with Crippen LogP contribution in [0.3, 0.4) is 0 Å². The lowest BCUT2D eigenvalue weighted by atomic mass is 10.2. The molecule has 3 heteroatoms. The Morgan fingerprint density at radius 3 is 2.71 bits per heavy atom. The van der Waals surface area contributed by atoms with Crippen molar-refractivity contribution in [3.8, 4) is 0 Å². The van der Waals surface area contributed by atoms with Crippen LogP contribution in [0.1, 0.15) is 21.5 Å². The van der Waals surface area contributed by atoms with E-state index in [1.54, 1.807) is 0 Å². The molecule has 0 fully saturated rings. The lowest BCUT2D eigenvalue weighted by Gasteiger charge is -2.12. The molecule has 0 bridgehead atoms. The monoisotopic (exact) mass is 206 g/mol. The summed E-state index contributed by atoms with van der Waals surface area (Å²) in [5.74, 6) is 0. The van der Waals surface area contributed by atoms with Gasteiger partial charge in [0.25, 0.3) is 0 Å². The van der Waals surface area contributed by atoms with Gasteiger partial charge in [0.15, 0.2) is 0 Å². The molecular formula is C11H14N2S. The first-order chi connectivity index (χ1) is 6.81. The average molecular weight is 206 g/mol. The van der Waals surface area contributed by atoms with Crippen molar-refractivity contribution in [2.75, 3.05) is 7.05 Å². The molecule has 1 atom stereocenters. The second-order valence-electron chi connectivity index (χ2n) is 3.30. The molecule has 2 N–H and O–H groups in total. The fraction of sp³-hybridized carbons (Fsp3) is 0.273. The predicted molar refractivity (Wildman–Crippen MR) is 60.8 cm³/mol. The van der Waals surface area contributed by atoms with Crippen LogP contribution in [-0.2, 0) is 0 Å². The second-order valence-corrected chi connectivity index (χ2v) is 4.62. The lowest BCUT2D eigenvalue weighted by molar-refractivity contribution is 0.687. The Morgan fingerprint density at radius 1 is 1.36 bits per heavy atom. The number of hydrogen-bond acceptors (Lipinski definition) is 2. The van der Waals surface area contributed by atoms with Gasteiger partial charge in [0, 0.05) is 21.6 Å². The maximum absolute atomic E-state index is 3.31. The Balaban J connectivity index is 2.31. The minimum atomic E-state index is 0.295. The molecule has 0 aliphatic carbocycles. The average Bonchev–Trinajstić information content (AvgIpc) is 2.79. The van der Waals surface area contributed by atoms with Crippen molar-refractivity contribution in [3.05, 3.63) is 45.9 Å². The van der Waals surface area contributed by atoms with Gasteiger partial charge in [0.1, 0.15) is 0 Å². The maximum atomic E-state index is 3.31. The third-order valence-electron chi connectivity index (χ3n) is 2.27. The highest BCUT2D eigenvalue weighted by molar-refractivity contribution is 7.12. The molecule has 1 unspecified atom stereocenters. The van der Waals surface area contributed by atoms with Crippen LogP contribution in [0.15, 0.2) is 30.5 Å². The summed E-state index contributed by atoms with van der Waals surface area (Å²) in [4.78, 5) is 5.95. The molecule has 0 saturated carbocycles. The van der Waals surface area contributed by atoms with Crippen molar-refractivity contribution in [2.45, 2.75) is 13.0 Å². The number of H-pyrrole nitrogens is 1. The van der Waals surface area contributed by atoms with E-state index >= 15 is 0 Å². The summed E-state index contributed by atoms with van der Waals surface area (Å²) in [6.07, 6.45) is 1.96. The van der Waals surface area contributed by atoms with Gasteiger partial charge in [-0.05, 0) is 38.2 Å². The first-order valence-corrected chi connectivity index (χ1v) is 5.50. The molecule has 2 rings (SSSR count). The van der Waals surface area contributed by atoms with E-state index in [2.05, 4.69) is 35.4 Å². The van der Waals surface area contributed by atoms with Gasteiger partial charge >= 0.3 is 0 Å². The van der Waals surface area contributed by atoms with Crippen molar-refractivity contribution in [2.24, 2.45) is 0 Å². The number of nitrogens with one attached hydrogen (secondary N) is 2. The van der Waals surface area contributed by atoms with Gasteiger partial charge in [-0.25, -0.2) is 0 Å². The summed E-state index contributed by atoms with van der Waals surface area (Å²) in [6, 6.07) is 8.77. The highest BCUT2D eigenvalue weighted by Crippen LogP contribution is 2.26. The van der Waals surface area contributed by atoms with Gasteiger partial charge in [-0.2, -0.15) is 0 Å². The van der Waals surface area contributed by atoms with Crippen molar-refractivity contribution in [1.82, 2.24) is 10.3 Å². The highest BCUT2D eigenvalue weighted by Gasteiger charge is 2.13. The quantitative estimate of drug-likeness (QED) is 0.794. The summed E-state index contributed by atoms with van der Waals surface area (Å²) < 4.78 is 0. The second kappa shape index (κ2) is 3.98. The molecule has 0 saturated heterocycles. The van der Waals surface area contributed by atoms with Crippen molar-refractivity contribution >= 4 is 11.3 Å². The van der Waals surface area contributed by atoms with Crippen LogP contribution in [0, 0.1) is 6.92 Å². The molecule has 0 aromatic carbocycles. The minimum absolute atomic E-state index is 0.295. The number of aromatic nitrogens is 1. The Bertz CT molecular complexity index is 389. The molecule has 2 aromatic rings. The number of aryl methyl sites for hydroxylation is 1. The zero-order chi connectivity index (χ0) is 9.97. The predicted octanol–water partition coefficient (Wildman–Crippen LogP) is 2.69.